The summed E-state index contributed by atoms with van der Waals surface area (Å²) in [6, 6.07) is 1.74. The molecule has 0 saturated carbocycles. The van der Waals surface area contributed by atoms with Gasteiger partial charge in [0.15, 0.2) is 17.2 Å². The minimum atomic E-state index is -0.428. The lowest BCUT2D eigenvalue weighted by atomic mass is 10.1. The molecule has 128 valence electrons. The Morgan fingerprint density at radius 2 is 2.22 bits per heavy atom. The summed E-state index contributed by atoms with van der Waals surface area (Å²) in [5, 5.41) is 13.3. The number of phenols is 1. The number of ether oxygens (including phenoxy) is 2. The highest BCUT2D eigenvalue weighted by Crippen LogP contribution is 2.41. The van der Waals surface area contributed by atoms with Gasteiger partial charge < -0.3 is 19.9 Å². The number of carbonyl (C=O) groups excluding carboxylic acids is 1. The fraction of sp³-hybridized carbons (Fsp3) is 0.562. The van der Waals surface area contributed by atoms with Crippen LogP contribution in [0.4, 0.5) is 0 Å². The number of hydrogen-bond acceptors (Lipinski definition) is 5. The molecule has 1 saturated heterocycles. The molecule has 0 spiro atoms. The molecule has 2 N–H and O–H groups in total. The Morgan fingerprint density at radius 1 is 1.48 bits per heavy atom. The van der Waals surface area contributed by atoms with E-state index in [9.17, 15) is 9.90 Å². The number of methoxy groups -OCH3 is 2. The molecule has 1 fully saturated rings. The van der Waals surface area contributed by atoms with Crippen molar-refractivity contribution in [3.63, 3.8) is 0 Å². The number of hydrogen-bond donors (Lipinski definition) is 2. The van der Waals surface area contributed by atoms with Crippen LogP contribution in [0.25, 0.3) is 0 Å². The smallest absolute Gasteiger partial charge is 0.259 e. The predicted octanol–water partition coefficient (Wildman–Crippen LogP) is 2.28. The van der Waals surface area contributed by atoms with Crippen molar-refractivity contribution in [2.75, 3.05) is 33.9 Å². The molecule has 0 aliphatic carbocycles. The van der Waals surface area contributed by atoms with Crippen LogP contribution < -0.4 is 14.8 Å². The van der Waals surface area contributed by atoms with Gasteiger partial charge in [0, 0.05) is 18.7 Å². The first kappa shape index (κ1) is 17.7. The number of nitrogens with zero attached hydrogens (tertiary/aromatic N) is 1. The second-order valence-corrected chi connectivity index (χ2v) is 5.86. The summed E-state index contributed by atoms with van der Waals surface area (Å²) in [5.74, 6) is -0.425. The fourth-order valence-corrected chi connectivity index (χ4v) is 3.28. The molecule has 0 aromatic heterocycles. The standard InChI is InChI=1S/C16H23ClN2O4/c1-4-19-7-5-6-10(19)9-18-16(21)13-14(20)12(22-2)8-11(17)15(13)23-3/h8,10,20H,4-7,9H2,1-3H3,(H,18,21)/t10-/m0/s1. The lowest BCUT2D eigenvalue weighted by Gasteiger charge is -2.23. The third kappa shape index (κ3) is 3.64. The van der Waals surface area contributed by atoms with Crippen molar-refractivity contribution in [1.29, 1.82) is 0 Å². The Kier molecular flexibility index (Phi) is 5.96. The van der Waals surface area contributed by atoms with Crippen molar-refractivity contribution in [2.45, 2.75) is 25.8 Å². The number of nitrogens with one attached hydrogen (secondary N) is 1. The number of benzene rings is 1. The van der Waals surface area contributed by atoms with E-state index in [1.54, 1.807) is 0 Å². The van der Waals surface area contributed by atoms with Crippen molar-refractivity contribution >= 4 is 17.5 Å². The van der Waals surface area contributed by atoms with E-state index in [-0.39, 0.29) is 27.8 Å². The molecule has 6 nitrogen and oxygen atoms in total. The van der Waals surface area contributed by atoms with Gasteiger partial charge in [0.25, 0.3) is 5.91 Å². The topological polar surface area (TPSA) is 71.0 Å². The Balaban J connectivity index is 2.19. The number of phenolic OH excluding ortho intramolecular Hbond substituents is 1. The molecule has 1 aromatic rings. The third-order valence-corrected chi connectivity index (χ3v) is 4.51. The average Bonchev–Trinajstić information content (AvgIpc) is 3.01. The van der Waals surface area contributed by atoms with Crippen LogP contribution in [-0.2, 0) is 0 Å². The summed E-state index contributed by atoms with van der Waals surface area (Å²) in [4.78, 5) is 14.9. The number of halogens is 1. The third-order valence-electron chi connectivity index (χ3n) is 4.23. The van der Waals surface area contributed by atoms with Gasteiger partial charge in [0.05, 0.1) is 19.2 Å². The van der Waals surface area contributed by atoms with E-state index in [4.69, 9.17) is 21.1 Å². The summed E-state index contributed by atoms with van der Waals surface area (Å²) in [5.41, 5.74) is -0.00195. The maximum atomic E-state index is 12.5. The van der Waals surface area contributed by atoms with Gasteiger partial charge in [-0.25, -0.2) is 0 Å². The van der Waals surface area contributed by atoms with Gasteiger partial charge in [-0.3, -0.25) is 9.69 Å². The molecule has 2 rings (SSSR count). The summed E-state index contributed by atoms with van der Waals surface area (Å²) >= 11 is 6.10. The van der Waals surface area contributed by atoms with Gasteiger partial charge in [0.2, 0.25) is 0 Å². The summed E-state index contributed by atoms with van der Waals surface area (Å²) in [6.45, 7) is 4.64. The van der Waals surface area contributed by atoms with Crippen LogP contribution in [0.3, 0.4) is 0 Å². The van der Waals surface area contributed by atoms with Crippen LogP contribution >= 0.6 is 11.6 Å². The van der Waals surface area contributed by atoms with Crippen LogP contribution in [0, 0.1) is 0 Å². The maximum absolute atomic E-state index is 12.5. The maximum Gasteiger partial charge on any atom is 0.259 e. The van der Waals surface area contributed by atoms with Crippen LogP contribution in [0.5, 0.6) is 17.2 Å². The van der Waals surface area contributed by atoms with Crippen LogP contribution in [0.15, 0.2) is 6.07 Å². The number of aromatic hydroxyl groups is 1. The Morgan fingerprint density at radius 3 is 2.83 bits per heavy atom. The normalized spacial score (nSPS) is 18.0. The first-order valence-corrected chi connectivity index (χ1v) is 8.06. The molecule has 7 heteroatoms. The molecule has 1 heterocycles. The Bertz CT molecular complexity index is 580. The second-order valence-electron chi connectivity index (χ2n) is 5.45. The quantitative estimate of drug-likeness (QED) is 0.830. The Hall–Kier alpha value is -1.66. The summed E-state index contributed by atoms with van der Waals surface area (Å²) in [6.07, 6.45) is 2.18. The number of amides is 1. The van der Waals surface area contributed by atoms with Crippen LogP contribution in [0.1, 0.15) is 30.1 Å². The van der Waals surface area contributed by atoms with Gasteiger partial charge in [-0.05, 0) is 25.9 Å². The lowest BCUT2D eigenvalue weighted by molar-refractivity contribution is 0.0935. The molecule has 1 aliphatic rings. The van der Waals surface area contributed by atoms with E-state index in [0.29, 0.717) is 12.6 Å². The molecule has 0 unspecified atom stereocenters. The Labute approximate surface area is 141 Å². The molecule has 23 heavy (non-hydrogen) atoms. The van der Waals surface area contributed by atoms with E-state index < -0.39 is 5.91 Å². The largest absolute Gasteiger partial charge is 0.504 e. The van der Waals surface area contributed by atoms with Gasteiger partial charge in [-0.15, -0.1) is 0 Å². The zero-order chi connectivity index (χ0) is 17.0. The van der Waals surface area contributed by atoms with E-state index in [2.05, 4.69) is 17.1 Å². The number of likely N-dealkylation sites (tertiary alicyclic amines) is 1. The first-order chi connectivity index (χ1) is 11.0. The monoisotopic (exact) mass is 342 g/mol. The molecule has 1 amide bonds. The highest BCUT2D eigenvalue weighted by Gasteiger charge is 2.27. The first-order valence-electron chi connectivity index (χ1n) is 7.69. The fourth-order valence-electron chi connectivity index (χ4n) is 3.01. The highest BCUT2D eigenvalue weighted by molar-refractivity contribution is 6.33. The molecular weight excluding hydrogens is 320 g/mol. The minimum Gasteiger partial charge on any atom is -0.504 e. The molecule has 1 atom stereocenters. The van der Waals surface area contributed by atoms with Gasteiger partial charge in [-0.2, -0.15) is 0 Å². The van der Waals surface area contributed by atoms with E-state index in [1.807, 2.05) is 0 Å². The summed E-state index contributed by atoms with van der Waals surface area (Å²) < 4.78 is 10.2. The van der Waals surface area contributed by atoms with Crippen molar-refractivity contribution < 1.29 is 19.4 Å². The molecule has 1 aromatic carbocycles. The van der Waals surface area contributed by atoms with Crippen molar-refractivity contribution in [3.05, 3.63) is 16.7 Å². The molecular formula is C16H23ClN2O4. The van der Waals surface area contributed by atoms with Gasteiger partial charge in [-0.1, -0.05) is 18.5 Å². The summed E-state index contributed by atoms with van der Waals surface area (Å²) in [7, 11) is 2.80. The molecule has 0 radical (unpaired) electrons. The van der Waals surface area contributed by atoms with Crippen molar-refractivity contribution in [1.82, 2.24) is 10.2 Å². The van der Waals surface area contributed by atoms with Crippen LogP contribution in [-0.4, -0.2) is 55.8 Å². The van der Waals surface area contributed by atoms with E-state index >= 15 is 0 Å². The highest BCUT2D eigenvalue weighted by atomic mass is 35.5. The second kappa shape index (κ2) is 7.75. The minimum absolute atomic E-state index is 0.00195. The van der Waals surface area contributed by atoms with Crippen molar-refractivity contribution in [3.8, 4) is 17.2 Å². The van der Waals surface area contributed by atoms with Crippen LogP contribution in [0.2, 0.25) is 5.02 Å². The number of rotatable bonds is 6. The molecule has 1 aliphatic heterocycles. The predicted molar refractivity (Wildman–Crippen MR) is 88.8 cm³/mol. The van der Waals surface area contributed by atoms with Gasteiger partial charge in [0.1, 0.15) is 5.56 Å². The number of carbonyl (C=O) groups is 1. The van der Waals surface area contributed by atoms with E-state index in [1.165, 1.54) is 20.3 Å². The average molecular weight is 343 g/mol. The lowest BCUT2D eigenvalue weighted by Crippen LogP contribution is -2.40. The van der Waals surface area contributed by atoms with E-state index in [0.717, 1.165) is 25.9 Å². The SMILES string of the molecule is CCN1CCC[C@H]1CNC(=O)c1c(O)c(OC)cc(Cl)c1OC. The zero-order valence-corrected chi connectivity index (χ0v) is 14.4. The van der Waals surface area contributed by atoms with Crippen molar-refractivity contribution in [2.24, 2.45) is 0 Å². The van der Waals surface area contributed by atoms with Gasteiger partial charge >= 0.3 is 0 Å². The molecule has 0 bridgehead atoms. The zero-order valence-electron chi connectivity index (χ0n) is 13.7. The number of likely N-dealkylation sites (N-methyl/N-ethyl adjacent to an activating group) is 1.